The second kappa shape index (κ2) is 9.43. The van der Waals surface area contributed by atoms with Crippen LogP contribution in [0.25, 0.3) is 11.0 Å². The first-order valence-electron chi connectivity index (χ1n) is 10.4. The predicted octanol–water partition coefficient (Wildman–Crippen LogP) is 4.13. The number of imidazole rings is 1. The van der Waals surface area contributed by atoms with Gasteiger partial charge in [0.2, 0.25) is 5.91 Å². The van der Waals surface area contributed by atoms with E-state index < -0.39 is 0 Å². The van der Waals surface area contributed by atoms with Gasteiger partial charge in [-0.3, -0.25) is 9.59 Å². The molecule has 1 N–H and O–H groups in total. The van der Waals surface area contributed by atoms with Crippen molar-refractivity contribution in [1.29, 1.82) is 0 Å². The molecule has 1 fully saturated rings. The molecule has 0 saturated carbocycles. The van der Waals surface area contributed by atoms with Crippen LogP contribution < -0.4 is 5.32 Å². The van der Waals surface area contributed by atoms with E-state index in [0.29, 0.717) is 11.4 Å². The second-order valence-corrected chi connectivity index (χ2v) is 8.51. The number of rotatable bonds is 5. The van der Waals surface area contributed by atoms with Gasteiger partial charge in [0.15, 0.2) is 0 Å². The van der Waals surface area contributed by atoms with Crippen molar-refractivity contribution in [2.24, 2.45) is 0 Å². The first kappa shape index (κ1) is 20.6. The summed E-state index contributed by atoms with van der Waals surface area (Å²) in [6.07, 6.45) is 4.49. The summed E-state index contributed by atoms with van der Waals surface area (Å²) < 4.78 is 2.79. The van der Waals surface area contributed by atoms with Gasteiger partial charge in [-0.15, -0.1) is 0 Å². The first-order valence-corrected chi connectivity index (χ1v) is 11.2. The fraction of sp³-hybridized carbons (Fsp3) is 0.348. The Hall–Kier alpha value is -2.67. The van der Waals surface area contributed by atoms with Gasteiger partial charge in [-0.1, -0.05) is 47.0 Å². The fourth-order valence-electron chi connectivity index (χ4n) is 3.88. The highest BCUT2D eigenvalue weighted by atomic mass is 79.9. The molecule has 4 rings (SSSR count). The number of amides is 2. The van der Waals surface area contributed by atoms with E-state index in [4.69, 9.17) is 0 Å². The number of carbonyl (C=O) groups excluding carboxylic acids is 2. The number of hydrogen-bond donors (Lipinski definition) is 1. The summed E-state index contributed by atoms with van der Waals surface area (Å²) in [5.74, 6) is 0.621. The van der Waals surface area contributed by atoms with Gasteiger partial charge in [0.1, 0.15) is 12.4 Å². The summed E-state index contributed by atoms with van der Waals surface area (Å²) in [4.78, 5) is 32.2. The molecule has 0 atom stereocenters. The standard InChI is InChI=1S/C23H25BrN4O2/c24-18-9-7-8-17(14-18)23(30)25-15-21-26-19-10-3-4-11-20(19)28(21)16-22(29)27-12-5-1-2-6-13-27/h3-4,7-11,14H,1-2,5-6,12-13,15-16H2,(H,25,30). The highest BCUT2D eigenvalue weighted by Gasteiger charge is 2.19. The van der Waals surface area contributed by atoms with Crippen molar-refractivity contribution in [3.63, 3.8) is 0 Å². The zero-order valence-electron chi connectivity index (χ0n) is 16.8. The molecule has 0 unspecified atom stereocenters. The molecule has 0 spiro atoms. The molecule has 30 heavy (non-hydrogen) atoms. The van der Waals surface area contributed by atoms with Crippen LogP contribution >= 0.6 is 15.9 Å². The lowest BCUT2D eigenvalue weighted by atomic mass is 10.2. The molecule has 1 aromatic heterocycles. The zero-order chi connectivity index (χ0) is 20.9. The normalized spacial score (nSPS) is 14.5. The van der Waals surface area contributed by atoms with Crippen LogP contribution in [0.15, 0.2) is 53.0 Å². The van der Waals surface area contributed by atoms with E-state index in [1.165, 1.54) is 12.8 Å². The van der Waals surface area contributed by atoms with E-state index in [-0.39, 0.29) is 24.9 Å². The van der Waals surface area contributed by atoms with Gasteiger partial charge in [0.05, 0.1) is 17.6 Å². The highest BCUT2D eigenvalue weighted by molar-refractivity contribution is 9.10. The maximum absolute atomic E-state index is 13.0. The number of halogens is 1. The Morgan fingerprint density at radius 3 is 2.53 bits per heavy atom. The van der Waals surface area contributed by atoms with Crippen LogP contribution in [0.1, 0.15) is 41.9 Å². The fourth-order valence-corrected chi connectivity index (χ4v) is 4.28. The Morgan fingerprint density at radius 2 is 1.77 bits per heavy atom. The van der Waals surface area contributed by atoms with Gasteiger partial charge < -0.3 is 14.8 Å². The molecule has 0 aliphatic carbocycles. The Bertz CT molecular complexity index is 1050. The third-order valence-corrected chi connectivity index (χ3v) is 5.97. The monoisotopic (exact) mass is 468 g/mol. The third-order valence-electron chi connectivity index (χ3n) is 5.48. The lowest BCUT2D eigenvalue weighted by molar-refractivity contribution is -0.131. The molecule has 1 saturated heterocycles. The van der Waals surface area contributed by atoms with Crippen LogP contribution in [-0.4, -0.2) is 39.4 Å². The maximum Gasteiger partial charge on any atom is 0.251 e. The molecule has 7 heteroatoms. The van der Waals surface area contributed by atoms with E-state index >= 15 is 0 Å². The highest BCUT2D eigenvalue weighted by Crippen LogP contribution is 2.18. The van der Waals surface area contributed by atoms with E-state index in [9.17, 15) is 9.59 Å². The van der Waals surface area contributed by atoms with Crippen molar-refractivity contribution >= 4 is 38.8 Å². The number of para-hydroxylation sites is 2. The molecule has 2 amide bonds. The van der Waals surface area contributed by atoms with E-state index in [2.05, 4.69) is 26.2 Å². The van der Waals surface area contributed by atoms with Crippen molar-refractivity contribution < 1.29 is 9.59 Å². The van der Waals surface area contributed by atoms with E-state index in [1.54, 1.807) is 12.1 Å². The smallest absolute Gasteiger partial charge is 0.251 e. The predicted molar refractivity (Wildman–Crippen MR) is 120 cm³/mol. The molecular formula is C23H25BrN4O2. The number of benzene rings is 2. The molecule has 2 aromatic carbocycles. The van der Waals surface area contributed by atoms with Crippen LogP contribution in [-0.2, 0) is 17.9 Å². The maximum atomic E-state index is 13.0. The van der Waals surface area contributed by atoms with Gasteiger partial charge >= 0.3 is 0 Å². The average Bonchev–Trinajstić information content (AvgIpc) is 2.92. The minimum atomic E-state index is -0.172. The first-order chi connectivity index (χ1) is 14.6. The minimum absolute atomic E-state index is 0.111. The molecule has 0 radical (unpaired) electrons. The molecule has 3 aromatic rings. The average molecular weight is 469 g/mol. The van der Waals surface area contributed by atoms with Gasteiger partial charge in [0.25, 0.3) is 5.91 Å². The summed E-state index contributed by atoms with van der Waals surface area (Å²) in [7, 11) is 0. The van der Waals surface area contributed by atoms with Crippen molar-refractivity contribution in [1.82, 2.24) is 19.8 Å². The molecule has 156 valence electrons. The number of fused-ring (bicyclic) bond motifs is 1. The number of nitrogens with zero attached hydrogens (tertiary/aromatic N) is 3. The summed E-state index contributed by atoms with van der Waals surface area (Å²) >= 11 is 3.39. The topological polar surface area (TPSA) is 67.2 Å². The van der Waals surface area contributed by atoms with Crippen LogP contribution in [0.3, 0.4) is 0 Å². The van der Waals surface area contributed by atoms with Crippen LogP contribution in [0, 0.1) is 0 Å². The Morgan fingerprint density at radius 1 is 1.00 bits per heavy atom. The second-order valence-electron chi connectivity index (χ2n) is 7.59. The Labute approximate surface area is 184 Å². The largest absolute Gasteiger partial charge is 0.345 e. The number of aromatic nitrogens is 2. The summed E-state index contributed by atoms with van der Waals surface area (Å²) in [5.41, 5.74) is 2.31. The van der Waals surface area contributed by atoms with Gasteiger partial charge in [0, 0.05) is 23.1 Å². The van der Waals surface area contributed by atoms with Crippen LogP contribution in [0.5, 0.6) is 0 Å². The minimum Gasteiger partial charge on any atom is -0.345 e. The molecule has 0 bridgehead atoms. The summed E-state index contributed by atoms with van der Waals surface area (Å²) in [5, 5.41) is 2.94. The lowest BCUT2D eigenvalue weighted by Gasteiger charge is -2.21. The van der Waals surface area contributed by atoms with E-state index in [1.807, 2.05) is 45.9 Å². The van der Waals surface area contributed by atoms with Gasteiger partial charge in [-0.25, -0.2) is 4.98 Å². The van der Waals surface area contributed by atoms with Crippen molar-refractivity contribution in [3.05, 3.63) is 64.4 Å². The van der Waals surface area contributed by atoms with Crippen LogP contribution in [0.2, 0.25) is 0 Å². The molecular weight excluding hydrogens is 444 g/mol. The van der Waals surface area contributed by atoms with Gasteiger partial charge in [-0.2, -0.15) is 0 Å². The third kappa shape index (κ3) is 4.73. The van der Waals surface area contributed by atoms with Gasteiger partial charge in [-0.05, 0) is 43.2 Å². The number of nitrogens with one attached hydrogen (secondary N) is 1. The molecule has 6 nitrogen and oxygen atoms in total. The number of carbonyl (C=O) groups is 2. The Balaban J connectivity index is 1.54. The van der Waals surface area contributed by atoms with Crippen molar-refractivity contribution in [2.45, 2.75) is 38.8 Å². The quantitative estimate of drug-likeness (QED) is 0.611. The Kier molecular flexibility index (Phi) is 6.47. The van der Waals surface area contributed by atoms with Crippen molar-refractivity contribution in [3.8, 4) is 0 Å². The van der Waals surface area contributed by atoms with Crippen molar-refractivity contribution in [2.75, 3.05) is 13.1 Å². The molecule has 1 aliphatic heterocycles. The molecule has 1 aliphatic rings. The number of hydrogen-bond acceptors (Lipinski definition) is 3. The SMILES string of the molecule is O=C(NCc1nc2ccccc2n1CC(=O)N1CCCCCC1)c1cccc(Br)c1. The van der Waals surface area contributed by atoms with Crippen LogP contribution in [0.4, 0.5) is 0 Å². The number of likely N-dealkylation sites (tertiary alicyclic amines) is 1. The lowest BCUT2D eigenvalue weighted by Crippen LogP contribution is -2.35. The summed E-state index contributed by atoms with van der Waals surface area (Å²) in [6, 6.07) is 15.0. The zero-order valence-corrected chi connectivity index (χ0v) is 18.4. The summed E-state index contributed by atoms with van der Waals surface area (Å²) in [6.45, 7) is 2.14. The molecule has 2 heterocycles. The van der Waals surface area contributed by atoms with E-state index in [0.717, 1.165) is 41.4 Å².